The first-order valence-electron chi connectivity index (χ1n) is 0. The van der Waals surface area contributed by atoms with Gasteiger partial charge in [-0.25, -0.2) is 0 Å². The van der Waals surface area contributed by atoms with Gasteiger partial charge >= 0.3 is 74.1 Å². The predicted molar refractivity (Wildman–Crippen MR) is 7.81 cm³/mol. The Balaban J connectivity index is 0. The Bertz CT molecular complexity index is 10.8. The molecule has 0 bridgehead atoms. The maximum atomic E-state index is 0. The van der Waals surface area contributed by atoms with Crippen molar-refractivity contribution in [3.63, 3.8) is 0 Å². The Morgan fingerprint density at radius 3 is 0.667 bits per heavy atom. The molecule has 0 unspecified atom stereocenters. The summed E-state index contributed by atoms with van der Waals surface area (Å²) in [6.07, 6.45) is 0. The summed E-state index contributed by atoms with van der Waals surface area (Å²) < 4.78 is 0. The van der Waals surface area contributed by atoms with Gasteiger partial charge in [0, 0.05) is 0 Å². The molecule has 26 valence electrons. The molecule has 0 atom stereocenters. The van der Waals surface area contributed by atoms with Crippen LogP contribution in [0.4, 0.5) is 0 Å². The summed E-state index contributed by atoms with van der Waals surface area (Å²) in [5.74, 6) is 0. The van der Waals surface area contributed by atoms with Gasteiger partial charge in [0.1, 0.15) is 0 Å². The summed E-state index contributed by atoms with van der Waals surface area (Å²) in [5, 5.41) is 0. The van der Waals surface area contributed by atoms with Crippen molar-refractivity contribution in [3.05, 3.63) is 0 Å². The summed E-state index contributed by atoms with van der Waals surface area (Å²) in [7, 11) is 0. The van der Waals surface area contributed by atoms with Gasteiger partial charge < -0.3 is 16.4 Å². The van der Waals surface area contributed by atoms with Gasteiger partial charge in [-0.2, -0.15) is 0 Å². The van der Waals surface area contributed by atoms with Crippen molar-refractivity contribution in [2.45, 2.75) is 0 Å². The second kappa shape index (κ2) is 53.7. The topological polar surface area (TPSA) is 85.5 Å². The molecule has 0 aromatic carbocycles. The van der Waals surface area contributed by atoms with Crippen LogP contribution >= 0.6 is 0 Å². The smallest absolute Gasteiger partial charge is 2.00 e. The minimum atomic E-state index is 0. The number of hydrogen-bond acceptors (Lipinski definition) is 0. The van der Waals surface area contributed by atoms with Gasteiger partial charge in [0.25, 0.3) is 0 Å². The number of hydrogen-bond donors (Lipinski definition) is 0. The fraction of sp³-hybridized carbons (Fsp3) is 0. The van der Waals surface area contributed by atoms with Crippen molar-refractivity contribution in [2.75, 3.05) is 0 Å². The van der Waals surface area contributed by atoms with Crippen LogP contribution in [-0.4, -0.2) is 27.3 Å². The van der Waals surface area contributed by atoms with E-state index in [1.165, 1.54) is 0 Å². The zero-order valence-electron chi connectivity index (χ0n) is 3.14. The molecule has 0 fully saturated rings. The molecule has 0 aromatic rings. The molecule has 6 heteroatoms. The Labute approximate surface area is 89.3 Å². The van der Waals surface area contributed by atoms with Crippen LogP contribution in [0, 0.1) is 0 Å². The minimum Gasteiger partial charge on any atom is -2.00 e. The molecule has 0 aliphatic rings. The molecular formula is CdO3PbZn. The van der Waals surface area contributed by atoms with Crippen LogP contribution in [0.15, 0.2) is 0 Å². The third-order valence-corrected chi connectivity index (χ3v) is 0. The largest absolute Gasteiger partial charge is 2.00 e. The van der Waals surface area contributed by atoms with Crippen molar-refractivity contribution >= 4 is 27.3 Å². The van der Waals surface area contributed by atoms with Gasteiger partial charge in [0.2, 0.25) is 0 Å². The monoisotopic (exact) mass is 434 g/mol. The molecule has 0 heterocycles. The summed E-state index contributed by atoms with van der Waals surface area (Å²) in [5.41, 5.74) is 0. The van der Waals surface area contributed by atoms with Crippen LogP contribution in [0.25, 0.3) is 0 Å². The van der Waals surface area contributed by atoms with Gasteiger partial charge in [-0.1, -0.05) is 0 Å². The van der Waals surface area contributed by atoms with Crippen molar-refractivity contribution in [1.82, 2.24) is 0 Å². The minimum absolute atomic E-state index is 0. The van der Waals surface area contributed by atoms with Gasteiger partial charge in [-0.05, 0) is 0 Å². The summed E-state index contributed by atoms with van der Waals surface area (Å²) >= 11 is 0. The molecule has 2 radical (unpaired) electrons. The molecular weight excluding hydrogens is 433 g/mol. The molecule has 0 saturated carbocycles. The van der Waals surface area contributed by atoms with Crippen LogP contribution in [0.2, 0.25) is 0 Å². The van der Waals surface area contributed by atoms with Gasteiger partial charge in [0.05, 0.1) is 0 Å². The van der Waals surface area contributed by atoms with E-state index in [0.29, 0.717) is 0 Å². The van der Waals surface area contributed by atoms with Crippen LogP contribution < -0.4 is 0 Å². The van der Waals surface area contributed by atoms with E-state index in [1.807, 2.05) is 0 Å². The van der Waals surface area contributed by atoms with Gasteiger partial charge in [-0.15, -0.1) is 0 Å². The Morgan fingerprint density at radius 2 is 0.667 bits per heavy atom. The van der Waals surface area contributed by atoms with Gasteiger partial charge in [0.15, 0.2) is 0 Å². The molecule has 0 aromatic heterocycles. The van der Waals surface area contributed by atoms with E-state index in [4.69, 9.17) is 0 Å². The zero-order valence-corrected chi connectivity index (χ0v) is 14.0. The number of rotatable bonds is 0. The fourth-order valence-electron chi connectivity index (χ4n) is 0. The summed E-state index contributed by atoms with van der Waals surface area (Å²) in [6, 6.07) is 0. The quantitative estimate of drug-likeness (QED) is 0.451. The molecule has 0 aliphatic carbocycles. The third kappa shape index (κ3) is 32.9. The average molecular weight is 433 g/mol. The van der Waals surface area contributed by atoms with Crippen molar-refractivity contribution in [1.29, 1.82) is 0 Å². The van der Waals surface area contributed by atoms with E-state index in [0.717, 1.165) is 0 Å². The van der Waals surface area contributed by atoms with E-state index in [2.05, 4.69) is 0 Å². The molecule has 0 saturated heterocycles. The zero-order chi connectivity index (χ0) is 0. The third-order valence-electron chi connectivity index (χ3n) is 0. The second-order valence-corrected chi connectivity index (χ2v) is 0. The van der Waals surface area contributed by atoms with E-state index >= 15 is 0 Å². The van der Waals surface area contributed by atoms with E-state index in [1.54, 1.807) is 0 Å². The normalized spacial score (nSPS) is 0. The van der Waals surface area contributed by atoms with Crippen LogP contribution in [0.3, 0.4) is 0 Å². The molecule has 0 rings (SSSR count). The fourth-order valence-corrected chi connectivity index (χ4v) is 0. The van der Waals surface area contributed by atoms with Crippen LogP contribution in [0.5, 0.6) is 0 Å². The predicted octanol–water partition coefficient (Wildman–Crippen LogP) is -0.742. The maximum Gasteiger partial charge on any atom is 2.00 e. The molecule has 0 amide bonds. The molecule has 0 spiro atoms. The summed E-state index contributed by atoms with van der Waals surface area (Å²) in [6.45, 7) is 0. The van der Waals surface area contributed by atoms with Gasteiger partial charge in [-0.3, -0.25) is 0 Å². The Hall–Kier alpha value is 2.35. The first-order chi connectivity index (χ1) is 0. The van der Waals surface area contributed by atoms with E-state index in [-0.39, 0.29) is 90.5 Å². The first kappa shape index (κ1) is 81.8. The Morgan fingerprint density at radius 1 is 0.667 bits per heavy atom. The standard InChI is InChI=1S/Cd.3O.Pb.Zn/q+2;3*-2;2*+2. The average Bonchev–Trinajstić information content (AvgIpc) is 0. The Kier molecular flexibility index (Phi) is 732. The van der Waals surface area contributed by atoms with E-state index in [9.17, 15) is 0 Å². The second-order valence-electron chi connectivity index (χ2n) is 0. The van der Waals surface area contributed by atoms with Crippen molar-refractivity contribution < 1.29 is 63.2 Å². The van der Waals surface area contributed by atoms with Crippen molar-refractivity contribution in [3.8, 4) is 0 Å². The molecule has 0 N–H and O–H groups in total. The first-order valence-corrected chi connectivity index (χ1v) is 0. The summed E-state index contributed by atoms with van der Waals surface area (Å²) in [4.78, 5) is 0. The van der Waals surface area contributed by atoms with E-state index < -0.39 is 0 Å². The van der Waals surface area contributed by atoms with Crippen LogP contribution in [-0.2, 0) is 63.2 Å². The molecule has 0 aliphatic heterocycles. The van der Waals surface area contributed by atoms with Crippen LogP contribution in [0.1, 0.15) is 0 Å². The molecule has 3 nitrogen and oxygen atoms in total. The van der Waals surface area contributed by atoms with Crippen molar-refractivity contribution in [2.24, 2.45) is 0 Å². The SMILES string of the molecule is [Cd+2].[O-2].[O-2].[O-2].[Pb+2].[Zn+2]. The molecule has 6 heavy (non-hydrogen) atoms. The maximum absolute atomic E-state index is 0.